The molecular formula is C28H42N2O2. The number of epoxide rings is 1. The van der Waals surface area contributed by atoms with E-state index in [1.54, 1.807) is 0 Å². The standard InChI is InChI=1S/C22H29N.C6H13NO2/c1-3-4-15-23(17-21-9-10-21)22-13-11-20(12-14-22)16-19-7-5-18(2)6-8-19;1-2-8-5-7-3-6-4-9-6/h5-8,11-14,21H,3-4,9-10,15-17H2,1-2H3;6-7H,2-5H2,1H3. The molecule has 1 N–H and O–H groups in total. The van der Waals surface area contributed by atoms with Gasteiger partial charge in [0.05, 0.1) is 19.4 Å². The van der Waals surface area contributed by atoms with Gasteiger partial charge in [0, 0.05) is 31.9 Å². The van der Waals surface area contributed by atoms with Crippen LogP contribution in [0.2, 0.25) is 0 Å². The lowest BCUT2D eigenvalue weighted by molar-refractivity contribution is 0.127. The van der Waals surface area contributed by atoms with Crippen LogP contribution in [-0.4, -0.2) is 45.7 Å². The van der Waals surface area contributed by atoms with Crippen molar-refractivity contribution in [3.05, 3.63) is 65.2 Å². The molecule has 1 aliphatic heterocycles. The highest BCUT2D eigenvalue weighted by molar-refractivity contribution is 5.48. The minimum absolute atomic E-state index is 0.463. The van der Waals surface area contributed by atoms with Crippen LogP contribution in [0.5, 0.6) is 0 Å². The fourth-order valence-corrected chi connectivity index (χ4v) is 3.63. The molecule has 1 atom stereocenters. The molecule has 1 aliphatic carbocycles. The van der Waals surface area contributed by atoms with Crippen molar-refractivity contribution in [3.63, 3.8) is 0 Å². The summed E-state index contributed by atoms with van der Waals surface area (Å²) in [6.07, 6.45) is 6.90. The zero-order chi connectivity index (χ0) is 22.6. The molecule has 0 amide bonds. The molecule has 2 aliphatic rings. The molecule has 176 valence electrons. The lowest BCUT2D eigenvalue weighted by atomic mass is 10.0. The van der Waals surface area contributed by atoms with E-state index >= 15 is 0 Å². The van der Waals surface area contributed by atoms with Gasteiger partial charge in [-0.2, -0.15) is 0 Å². The van der Waals surface area contributed by atoms with Gasteiger partial charge in [-0.15, -0.1) is 0 Å². The third kappa shape index (κ3) is 9.72. The number of benzene rings is 2. The number of hydrogen-bond donors (Lipinski definition) is 1. The van der Waals surface area contributed by atoms with Crippen molar-refractivity contribution >= 4 is 5.69 Å². The van der Waals surface area contributed by atoms with Gasteiger partial charge in [-0.3, -0.25) is 5.32 Å². The van der Waals surface area contributed by atoms with Crippen molar-refractivity contribution < 1.29 is 9.47 Å². The molecule has 0 bridgehead atoms. The number of aryl methyl sites for hydroxylation is 1. The molecule has 2 aromatic carbocycles. The summed E-state index contributed by atoms with van der Waals surface area (Å²) < 4.78 is 10.0. The lowest BCUT2D eigenvalue weighted by Gasteiger charge is -2.25. The maximum absolute atomic E-state index is 5.04. The summed E-state index contributed by atoms with van der Waals surface area (Å²) in [7, 11) is 0. The van der Waals surface area contributed by atoms with Crippen molar-refractivity contribution in [3.8, 4) is 0 Å². The van der Waals surface area contributed by atoms with Crippen molar-refractivity contribution in [1.29, 1.82) is 0 Å². The topological polar surface area (TPSA) is 37.0 Å². The maximum Gasteiger partial charge on any atom is 0.0965 e. The number of anilines is 1. The van der Waals surface area contributed by atoms with Crippen LogP contribution in [0.25, 0.3) is 0 Å². The average molecular weight is 439 g/mol. The van der Waals surface area contributed by atoms with Crippen LogP contribution in [0.4, 0.5) is 5.69 Å². The first-order valence-corrected chi connectivity index (χ1v) is 12.5. The second kappa shape index (κ2) is 13.6. The van der Waals surface area contributed by atoms with E-state index < -0.39 is 0 Å². The van der Waals surface area contributed by atoms with Crippen LogP contribution < -0.4 is 10.2 Å². The van der Waals surface area contributed by atoms with E-state index in [4.69, 9.17) is 9.47 Å². The Kier molecular flexibility index (Phi) is 10.5. The van der Waals surface area contributed by atoms with Gasteiger partial charge in [-0.05, 0) is 68.7 Å². The van der Waals surface area contributed by atoms with E-state index in [9.17, 15) is 0 Å². The third-order valence-corrected chi connectivity index (χ3v) is 5.97. The van der Waals surface area contributed by atoms with Gasteiger partial charge in [0.15, 0.2) is 0 Å². The highest BCUT2D eigenvalue weighted by atomic mass is 16.6. The molecular weight excluding hydrogens is 396 g/mol. The molecule has 2 fully saturated rings. The summed E-state index contributed by atoms with van der Waals surface area (Å²) in [6, 6.07) is 18.1. The monoisotopic (exact) mass is 438 g/mol. The molecule has 4 rings (SSSR count). The Balaban J connectivity index is 0.000000269. The Morgan fingerprint density at radius 2 is 1.66 bits per heavy atom. The van der Waals surface area contributed by atoms with E-state index in [-0.39, 0.29) is 0 Å². The Morgan fingerprint density at radius 1 is 1.00 bits per heavy atom. The van der Waals surface area contributed by atoms with Gasteiger partial charge in [-0.25, -0.2) is 0 Å². The zero-order valence-electron chi connectivity index (χ0n) is 20.3. The van der Waals surface area contributed by atoms with Crippen molar-refractivity contribution in [2.24, 2.45) is 5.92 Å². The molecule has 1 unspecified atom stereocenters. The summed E-state index contributed by atoms with van der Waals surface area (Å²) in [5, 5.41) is 3.10. The van der Waals surface area contributed by atoms with Crippen LogP contribution in [0, 0.1) is 12.8 Å². The van der Waals surface area contributed by atoms with E-state index in [2.05, 4.69) is 72.6 Å². The molecule has 0 radical (unpaired) electrons. The second-order valence-electron chi connectivity index (χ2n) is 9.12. The van der Waals surface area contributed by atoms with Gasteiger partial charge in [0.25, 0.3) is 0 Å². The number of hydrogen-bond acceptors (Lipinski definition) is 4. The van der Waals surface area contributed by atoms with E-state index in [1.807, 2.05) is 6.92 Å². The molecule has 32 heavy (non-hydrogen) atoms. The average Bonchev–Trinajstić information content (AvgIpc) is 3.73. The molecule has 1 saturated carbocycles. The molecule has 1 heterocycles. The Bertz CT molecular complexity index is 752. The SMILES string of the molecule is CCCCN(CC1CC1)c1ccc(Cc2ccc(C)cc2)cc1.CCOCNCC1CO1. The van der Waals surface area contributed by atoms with E-state index in [1.165, 1.54) is 61.2 Å². The number of unbranched alkanes of at least 4 members (excludes halogenated alkanes) is 1. The number of ether oxygens (including phenoxy) is 2. The lowest BCUT2D eigenvalue weighted by Crippen LogP contribution is -2.26. The summed E-state index contributed by atoms with van der Waals surface area (Å²) >= 11 is 0. The van der Waals surface area contributed by atoms with Crippen molar-refractivity contribution in [2.75, 3.05) is 44.5 Å². The summed E-state index contributed by atoms with van der Waals surface area (Å²) in [6.45, 7) is 12.1. The normalized spacial score (nSPS) is 16.9. The fourth-order valence-electron chi connectivity index (χ4n) is 3.63. The highest BCUT2D eigenvalue weighted by Gasteiger charge is 2.24. The third-order valence-electron chi connectivity index (χ3n) is 5.97. The molecule has 4 nitrogen and oxygen atoms in total. The summed E-state index contributed by atoms with van der Waals surface area (Å²) in [5.41, 5.74) is 5.53. The van der Waals surface area contributed by atoms with Crippen LogP contribution in [0.15, 0.2) is 48.5 Å². The molecule has 4 heteroatoms. The quantitative estimate of drug-likeness (QED) is 0.252. The molecule has 1 saturated heterocycles. The first-order chi connectivity index (χ1) is 15.7. The molecule has 0 aromatic heterocycles. The first-order valence-electron chi connectivity index (χ1n) is 12.5. The van der Waals surface area contributed by atoms with Gasteiger partial charge in [0.2, 0.25) is 0 Å². The van der Waals surface area contributed by atoms with E-state index in [0.29, 0.717) is 12.8 Å². The molecule has 2 aromatic rings. The van der Waals surface area contributed by atoms with E-state index in [0.717, 1.165) is 32.1 Å². The van der Waals surface area contributed by atoms with Crippen LogP contribution in [0.1, 0.15) is 56.2 Å². The van der Waals surface area contributed by atoms with Crippen LogP contribution in [0.3, 0.4) is 0 Å². The largest absolute Gasteiger partial charge is 0.372 e. The zero-order valence-corrected chi connectivity index (χ0v) is 20.3. The van der Waals surface area contributed by atoms with Gasteiger partial charge >= 0.3 is 0 Å². The minimum atomic E-state index is 0.463. The van der Waals surface area contributed by atoms with Gasteiger partial charge in [-0.1, -0.05) is 55.3 Å². The Hall–Kier alpha value is -1.88. The fraction of sp³-hybridized carbons (Fsp3) is 0.571. The first kappa shape index (κ1) is 24.8. The van der Waals surface area contributed by atoms with Crippen molar-refractivity contribution in [2.45, 2.75) is 59.0 Å². The second-order valence-corrected chi connectivity index (χ2v) is 9.12. The van der Waals surface area contributed by atoms with Gasteiger partial charge < -0.3 is 14.4 Å². The highest BCUT2D eigenvalue weighted by Crippen LogP contribution is 2.31. The maximum atomic E-state index is 5.04. The molecule has 0 spiro atoms. The van der Waals surface area contributed by atoms with Crippen LogP contribution in [-0.2, 0) is 15.9 Å². The predicted octanol–water partition coefficient (Wildman–Crippen LogP) is 5.57. The van der Waals surface area contributed by atoms with Crippen LogP contribution >= 0.6 is 0 Å². The Labute approximate surface area is 195 Å². The number of nitrogens with zero attached hydrogens (tertiary/aromatic N) is 1. The Morgan fingerprint density at radius 3 is 2.22 bits per heavy atom. The van der Waals surface area contributed by atoms with Crippen molar-refractivity contribution in [1.82, 2.24) is 5.32 Å². The number of nitrogens with one attached hydrogen (secondary N) is 1. The minimum Gasteiger partial charge on any atom is -0.372 e. The predicted molar refractivity (Wildman–Crippen MR) is 135 cm³/mol. The summed E-state index contributed by atoms with van der Waals surface area (Å²) in [4.78, 5) is 2.59. The summed E-state index contributed by atoms with van der Waals surface area (Å²) in [5.74, 6) is 0.944. The van der Waals surface area contributed by atoms with Gasteiger partial charge in [0.1, 0.15) is 0 Å². The smallest absolute Gasteiger partial charge is 0.0965 e. The number of rotatable bonds is 13.